The van der Waals surface area contributed by atoms with Crippen LogP contribution in [0.4, 0.5) is 0 Å². The molecule has 0 N–H and O–H groups in total. The lowest BCUT2D eigenvalue weighted by Gasteiger charge is -2.34. The summed E-state index contributed by atoms with van der Waals surface area (Å²) < 4.78 is 0. The van der Waals surface area contributed by atoms with Crippen molar-refractivity contribution in [2.45, 2.75) is 119 Å². The van der Waals surface area contributed by atoms with E-state index in [-0.39, 0.29) is 0 Å². The molecule has 258 valence electrons. The van der Waals surface area contributed by atoms with Crippen molar-refractivity contribution in [1.82, 2.24) is 0 Å². The Morgan fingerprint density at radius 3 is 1.00 bits per heavy atom. The minimum absolute atomic E-state index is 0.484. The van der Waals surface area contributed by atoms with Crippen LogP contribution in [0.15, 0.2) is 72.1 Å². The standard InChI is InChI=1S/C48H58Si2/c1-29(2)49(30(3)4,31(5)6)21-19-39-17-18-40(20-22-50(32(7)8,33(9)10)34(11)12)48-28-44-24-42-26-46-38(16)36(14)35(13)37(15)45(46)25-41(42)23-43(44)27-47(39)48/h17-18,23-28,30-31,33-34H,1,7H2,2-6,8-16H3. The molecule has 0 unspecified atom stereocenters. The van der Waals surface area contributed by atoms with Gasteiger partial charge in [-0.1, -0.05) is 77.6 Å². The van der Waals surface area contributed by atoms with Crippen LogP contribution < -0.4 is 0 Å². The van der Waals surface area contributed by atoms with E-state index in [0.29, 0.717) is 22.2 Å². The molecule has 0 spiro atoms. The highest BCUT2D eigenvalue weighted by molar-refractivity contribution is 6.95. The monoisotopic (exact) mass is 690 g/mol. The van der Waals surface area contributed by atoms with Crippen molar-refractivity contribution in [3.8, 4) is 22.9 Å². The largest absolute Gasteiger partial charge is 0.169 e. The molecule has 5 aromatic rings. The van der Waals surface area contributed by atoms with Crippen LogP contribution in [0.5, 0.6) is 0 Å². The molecule has 0 heterocycles. The molecule has 0 atom stereocenters. The van der Waals surface area contributed by atoms with Gasteiger partial charge >= 0.3 is 0 Å². The fourth-order valence-corrected chi connectivity index (χ4v) is 18.0. The van der Waals surface area contributed by atoms with Crippen molar-refractivity contribution in [1.29, 1.82) is 0 Å². The molecule has 0 aromatic heterocycles. The van der Waals surface area contributed by atoms with Gasteiger partial charge in [-0.15, -0.1) is 24.2 Å². The van der Waals surface area contributed by atoms with Gasteiger partial charge in [-0.3, -0.25) is 0 Å². The van der Waals surface area contributed by atoms with E-state index in [4.69, 9.17) is 0 Å². The minimum atomic E-state index is -2.11. The zero-order valence-corrected chi connectivity index (χ0v) is 35.3. The molecule has 5 aromatic carbocycles. The third kappa shape index (κ3) is 6.00. The van der Waals surface area contributed by atoms with Crippen molar-refractivity contribution >= 4 is 59.2 Å². The van der Waals surface area contributed by atoms with E-state index >= 15 is 0 Å². The summed E-state index contributed by atoms with van der Waals surface area (Å²) in [7, 11) is -4.22. The van der Waals surface area contributed by atoms with Crippen molar-refractivity contribution in [3.63, 3.8) is 0 Å². The van der Waals surface area contributed by atoms with E-state index in [1.54, 1.807) is 0 Å². The first-order chi connectivity index (χ1) is 23.4. The summed E-state index contributed by atoms with van der Waals surface area (Å²) in [6.45, 7) is 41.1. The number of hydrogen-bond acceptors (Lipinski definition) is 0. The highest BCUT2D eigenvalue weighted by atomic mass is 28.3. The highest BCUT2D eigenvalue weighted by Crippen LogP contribution is 2.40. The summed E-state index contributed by atoms with van der Waals surface area (Å²) in [4.78, 5) is 0. The number of fused-ring (bicyclic) bond motifs is 4. The van der Waals surface area contributed by atoms with Crippen LogP contribution in [-0.4, -0.2) is 16.1 Å². The molecule has 5 rings (SSSR count). The van der Waals surface area contributed by atoms with Gasteiger partial charge in [0.2, 0.25) is 0 Å². The quantitative estimate of drug-likeness (QED) is 0.0945. The number of rotatable bonds is 6. The molecule has 0 aliphatic carbocycles. The van der Waals surface area contributed by atoms with Gasteiger partial charge in [0.25, 0.3) is 0 Å². The maximum absolute atomic E-state index is 4.50. The zero-order chi connectivity index (χ0) is 37.0. The van der Waals surface area contributed by atoms with Gasteiger partial charge in [0.05, 0.1) is 0 Å². The van der Waals surface area contributed by atoms with Crippen LogP contribution in [0, 0.1) is 50.6 Å². The van der Waals surface area contributed by atoms with E-state index in [0.717, 1.165) is 11.1 Å². The Balaban J connectivity index is 1.88. The summed E-state index contributed by atoms with van der Waals surface area (Å²) in [6, 6.07) is 18.8. The third-order valence-corrected chi connectivity index (χ3v) is 23.6. The highest BCUT2D eigenvalue weighted by Gasteiger charge is 2.40. The molecule has 2 heteroatoms. The Kier molecular flexibility index (Phi) is 10.3. The second-order valence-electron chi connectivity index (χ2n) is 16.4. The molecule has 0 saturated heterocycles. The molecule has 0 aliphatic rings. The lowest BCUT2D eigenvalue weighted by molar-refractivity contribution is 0.920. The number of hydrogen-bond donors (Lipinski definition) is 0. The molecule has 0 aliphatic heterocycles. The summed E-state index contributed by atoms with van der Waals surface area (Å²) in [5, 5.41) is 12.6. The average Bonchev–Trinajstić information content (AvgIpc) is 3.04. The second-order valence-corrected chi connectivity index (χ2v) is 26.7. The average molecular weight is 691 g/mol. The van der Waals surface area contributed by atoms with Gasteiger partial charge in [0, 0.05) is 11.1 Å². The van der Waals surface area contributed by atoms with Crippen LogP contribution in [0.3, 0.4) is 0 Å². The first-order valence-corrected chi connectivity index (χ1v) is 22.9. The van der Waals surface area contributed by atoms with Crippen LogP contribution >= 0.6 is 0 Å². The maximum atomic E-state index is 4.50. The topological polar surface area (TPSA) is 0 Å². The molecule has 50 heavy (non-hydrogen) atoms. The van der Waals surface area contributed by atoms with Gasteiger partial charge in [-0.25, -0.2) is 0 Å². The molecule has 0 radical (unpaired) electrons. The molecular formula is C48H58Si2. The van der Waals surface area contributed by atoms with Gasteiger partial charge in [0.15, 0.2) is 16.1 Å². The van der Waals surface area contributed by atoms with Gasteiger partial charge in [-0.2, -0.15) is 0 Å². The first-order valence-electron chi connectivity index (χ1n) is 18.6. The Morgan fingerprint density at radius 2 is 0.740 bits per heavy atom. The Labute approximate surface area is 305 Å². The molecule has 0 bridgehead atoms. The van der Waals surface area contributed by atoms with Crippen molar-refractivity contribution in [2.75, 3.05) is 0 Å². The lowest BCUT2D eigenvalue weighted by Crippen LogP contribution is -2.41. The SMILES string of the molecule is C=C(C)[Si](C#Cc1ccc(C#C[Si](C(=C)C)(C(C)C)C(C)C)c2cc3cc4cc5c(C)c(C)c(C)c(C)c5cc4cc3cc12)(C(C)C)C(C)C. The van der Waals surface area contributed by atoms with Crippen molar-refractivity contribution in [2.24, 2.45) is 0 Å². The smallest absolute Gasteiger partial charge is 0.120 e. The fourth-order valence-electron chi connectivity index (χ4n) is 9.14. The third-order valence-electron chi connectivity index (χ3n) is 12.4. The van der Waals surface area contributed by atoms with Crippen LogP contribution in [0.2, 0.25) is 22.2 Å². The van der Waals surface area contributed by atoms with E-state index in [2.05, 4.69) is 182 Å². The predicted octanol–water partition coefficient (Wildman–Crippen LogP) is 14.1. The summed E-state index contributed by atoms with van der Waals surface area (Å²) in [5.74, 6) is 7.55. The summed E-state index contributed by atoms with van der Waals surface area (Å²) in [5.41, 5.74) is 17.5. The first kappa shape index (κ1) is 37.4. The van der Waals surface area contributed by atoms with Crippen LogP contribution in [0.1, 0.15) is 103 Å². The molecular weight excluding hydrogens is 633 g/mol. The van der Waals surface area contributed by atoms with Crippen LogP contribution in [-0.2, 0) is 0 Å². The van der Waals surface area contributed by atoms with Gasteiger partial charge in [0.1, 0.15) is 0 Å². The Morgan fingerprint density at radius 1 is 0.460 bits per heavy atom. The molecule has 0 fully saturated rings. The number of allylic oxidation sites excluding steroid dienone is 2. The van der Waals surface area contributed by atoms with E-state index < -0.39 is 16.1 Å². The Bertz CT molecular complexity index is 2160. The number of aryl methyl sites for hydroxylation is 2. The summed E-state index contributed by atoms with van der Waals surface area (Å²) >= 11 is 0. The van der Waals surface area contributed by atoms with E-state index in [9.17, 15) is 0 Å². The van der Waals surface area contributed by atoms with Gasteiger partial charge in [-0.05, 0) is 178 Å². The minimum Gasteiger partial charge on any atom is -0.120 e. The predicted molar refractivity (Wildman–Crippen MR) is 231 cm³/mol. The lowest BCUT2D eigenvalue weighted by atomic mass is 9.89. The second kappa shape index (κ2) is 13.7. The normalized spacial score (nSPS) is 12.4. The van der Waals surface area contributed by atoms with E-state index in [1.165, 1.54) is 75.7 Å². The molecule has 0 saturated carbocycles. The molecule has 0 amide bonds. The van der Waals surface area contributed by atoms with Crippen molar-refractivity contribution < 1.29 is 0 Å². The Hall–Kier alpha value is -3.83. The molecule has 0 nitrogen and oxygen atoms in total. The van der Waals surface area contributed by atoms with Crippen LogP contribution in [0.25, 0.3) is 43.1 Å². The van der Waals surface area contributed by atoms with E-state index in [1.807, 2.05) is 0 Å². The zero-order valence-electron chi connectivity index (χ0n) is 33.3. The van der Waals surface area contributed by atoms with Gasteiger partial charge < -0.3 is 0 Å². The number of benzene rings is 5. The van der Waals surface area contributed by atoms with Crippen molar-refractivity contribution in [3.05, 3.63) is 105 Å². The maximum Gasteiger partial charge on any atom is 0.169 e. The summed E-state index contributed by atoms with van der Waals surface area (Å²) in [6.07, 6.45) is 0. The fraction of sp³-hybridized carbons (Fsp3) is 0.375.